The van der Waals surface area contributed by atoms with Crippen molar-refractivity contribution in [2.24, 2.45) is 0 Å². The molecule has 0 aliphatic heterocycles. The molecule has 0 spiro atoms. The van der Waals surface area contributed by atoms with E-state index in [0.29, 0.717) is 0 Å². The predicted octanol–water partition coefficient (Wildman–Crippen LogP) is 8.38. The van der Waals surface area contributed by atoms with Crippen molar-refractivity contribution < 1.29 is 0 Å². The number of pyridine rings is 1. The van der Waals surface area contributed by atoms with Crippen LogP contribution in [0.2, 0.25) is 0 Å². The molecule has 0 unspecified atom stereocenters. The van der Waals surface area contributed by atoms with E-state index < -0.39 is 0 Å². The molecule has 0 bridgehead atoms. The van der Waals surface area contributed by atoms with Gasteiger partial charge in [-0.2, -0.15) is 0 Å². The molecule has 4 aromatic heterocycles. The Balaban J connectivity index is 1.61. The van der Waals surface area contributed by atoms with Crippen LogP contribution in [0.1, 0.15) is 0 Å². The molecule has 8 rings (SSSR count). The van der Waals surface area contributed by atoms with Crippen molar-refractivity contribution in [1.29, 1.82) is 0 Å². The number of rotatable bonds is 0. The third kappa shape index (κ3) is 1.99. The molecule has 2 nitrogen and oxygen atoms in total. The quantitative estimate of drug-likeness (QED) is 0.221. The van der Waals surface area contributed by atoms with Gasteiger partial charge in [0.05, 0.1) is 10.2 Å². The summed E-state index contributed by atoms with van der Waals surface area (Å²) in [6, 6.07) is 26.7. The molecule has 0 radical (unpaired) electrons. The second kappa shape index (κ2) is 5.61. The minimum Gasteiger partial charge on any atom is -0.298 e. The number of fused-ring (bicyclic) bond motifs is 13. The van der Waals surface area contributed by atoms with Crippen LogP contribution in [-0.2, 0) is 0 Å². The molecular formula is C27H14N2S2. The molecule has 4 heteroatoms. The number of hydrogen-bond donors (Lipinski definition) is 0. The minimum atomic E-state index is 1.03. The Hall–Kier alpha value is -3.47. The summed E-state index contributed by atoms with van der Waals surface area (Å²) in [5.74, 6) is 0. The summed E-state index contributed by atoms with van der Waals surface area (Å²) in [6.07, 6.45) is 4.01. The molecule has 0 fully saturated rings. The van der Waals surface area contributed by atoms with Gasteiger partial charge in [-0.3, -0.25) is 4.40 Å². The fourth-order valence-corrected chi connectivity index (χ4v) is 7.49. The van der Waals surface area contributed by atoms with Gasteiger partial charge in [0, 0.05) is 58.8 Å². The third-order valence-corrected chi connectivity index (χ3v) is 8.76. The zero-order chi connectivity index (χ0) is 20.1. The smallest absolute Gasteiger partial charge is 0.145 e. The second-order valence-corrected chi connectivity index (χ2v) is 10.2. The van der Waals surface area contributed by atoms with Gasteiger partial charge in [0.25, 0.3) is 0 Å². The van der Waals surface area contributed by atoms with Crippen molar-refractivity contribution in [2.45, 2.75) is 0 Å². The Labute approximate surface area is 184 Å². The van der Waals surface area contributed by atoms with Crippen LogP contribution < -0.4 is 0 Å². The third-order valence-electron chi connectivity index (χ3n) is 6.45. The van der Waals surface area contributed by atoms with Crippen molar-refractivity contribution >= 4 is 90.3 Å². The number of nitrogens with zero attached hydrogens (tertiary/aromatic N) is 2. The van der Waals surface area contributed by atoms with Crippen LogP contribution >= 0.6 is 22.7 Å². The van der Waals surface area contributed by atoms with Crippen LogP contribution in [0.4, 0.5) is 0 Å². The van der Waals surface area contributed by atoms with Crippen LogP contribution in [0.5, 0.6) is 0 Å². The van der Waals surface area contributed by atoms with E-state index in [1.807, 2.05) is 28.9 Å². The number of benzene rings is 4. The predicted molar refractivity (Wildman–Crippen MR) is 136 cm³/mol. The Kier molecular flexibility index (Phi) is 2.94. The lowest BCUT2D eigenvalue weighted by atomic mass is 10.0. The van der Waals surface area contributed by atoms with E-state index in [4.69, 9.17) is 4.98 Å². The first-order valence-corrected chi connectivity index (χ1v) is 11.9. The van der Waals surface area contributed by atoms with Crippen molar-refractivity contribution in [3.63, 3.8) is 0 Å². The Morgan fingerprint density at radius 3 is 2.19 bits per heavy atom. The molecule has 0 saturated heterocycles. The van der Waals surface area contributed by atoms with Gasteiger partial charge in [0.2, 0.25) is 0 Å². The normalized spacial score (nSPS) is 12.5. The SMILES string of the molecule is c1ccc2c(c1)sc1cc3c(cc12)sc1c3ccc2c3ccccc3c3nccn3c21. The molecule has 31 heavy (non-hydrogen) atoms. The number of aromatic nitrogens is 2. The minimum absolute atomic E-state index is 1.03. The first-order chi connectivity index (χ1) is 15.4. The van der Waals surface area contributed by atoms with E-state index in [9.17, 15) is 0 Å². The summed E-state index contributed by atoms with van der Waals surface area (Å²) in [7, 11) is 0. The van der Waals surface area contributed by atoms with Gasteiger partial charge in [-0.25, -0.2) is 4.98 Å². The average molecular weight is 431 g/mol. The van der Waals surface area contributed by atoms with Crippen molar-refractivity contribution in [3.8, 4) is 0 Å². The van der Waals surface area contributed by atoms with Crippen LogP contribution in [-0.4, -0.2) is 9.38 Å². The molecule has 4 heterocycles. The van der Waals surface area contributed by atoms with Gasteiger partial charge < -0.3 is 0 Å². The first-order valence-electron chi connectivity index (χ1n) is 10.3. The van der Waals surface area contributed by atoms with E-state index in [0.717, 1.165) is 5.65 Å². The van der Waals surface area contributed by atoms with Gasteiger partial charge in [0.1, 0.15) is 5.65 Å². The van der Waals surface area contributed by atoms with Crippen LogP contribution in [0.25, 0.3) is 67.7 Å². The molecular weight excluding hydrogens is 416 g/mol. The summed E-state index contributed by atoms with van der Waals surface area (Å²) in [5.41, 5.74) is 2.29. The fraction of sp³-hybridized carbons (Fsp3) is 0. The first kappa shape index (κ1) is 16.3. The van der Waals surface area contributed by atoms with Gasteiger partial charge >= 0.3 is 0 Å². The second-order valence-electron chi connectivity index (χ2n) is 8.05. The zero-order valence-electron chi connectivity index (χ0n) is 16.3. The van der Waals surface area contributed by atoms with E-state index >= 15 is 0 Å². The maximum Gasteiger partial charge on any atom is 0.145 e. The maximum absolute atomic E-state index is 4.70. The van der Waals surface area contributed by atoms with E-state index in [-0.39, 0.29) is 0 Å². The van der Waals surface area contributed by atoms with Crippen molar-refractivity contribution in [1.82, 2.24) is 9.38 Å². The average Bonchev–Trinajstić information content (AvgIpc) is 3.52. The highest BCUT2D eigenvalue weighted by molar-refractivity contribution is 7.28. The highest BCUT2D eigenvalue weighted by Gasteiger charge is 2.16. The number of thiophene rings is 2. The van der Waals surface area contributed by atoms with Gasteiger partial charge in [-0.1, -0.05) is 54.6 Å². The molecule has 0 aliphatic rings. The molecule has 0 amide bonds. The fourth-order valence-electron chi connectivity index (χ4n) is 5.10. The monoisotopic (exact) mass is 430 g/mol. The zero-order valence-corrected chi connectivity index (χ0v) is 17.9. The summed E-state index contributed by atoms with van der Waals surface area (Å²) in [5, 5.41) is 9.15. The van der Waals surface area contributed by atoms with Crippen LogP contribution in [0.15, 0.2) is 85.2 Å². The van der Waals surface area contributed by atoms with E-state index in [2.05, 4.69) is 83.4 Å². The van der Waals surface area contributed by atoms with Crippen molar-refractivity contribution in [2.75, 3.05) is 0 Å². The standard InChI is InChI=1S/C27H14N2S2/c1-2-7-19-15(5-1)17-9-10-18-21-14-23-20(16-6-3-4-8-22(16)30-23)13-24(21)31-26(18)25(17)29-12-11-28-27(19)29/h1-14H. The highest BCUT2D eigenvalue weighted by Crippen LogP contribution is 2.44. The maximum atomic E-state index is 4.70. The summed E-state index contributed by atoms with van der Waals surface area (Å²) < 4.78 is 7.67. The summed E-state index contributed by atoms with van der Waals surface area (Å²) in [6.45, 7) is 0. The molecule has 0 atom stereocenters. The van der Waals surface area contributed by atoms with Crippen molar-refractivity contribution in [3.05, 3.63) is 85.2 Å². The Morgan fingerprint density at radius 1 is 0.581 bits per heavy atom. The lowest BCUT2D eigenvalue weighted by Gasteiger charge is -2.09. The van der Waals surface area contributed by atoms with E-state index in [1.54, 1.807) is 0 Å². The van der Waals surface area contributed by atoms with E-state index in [1.165, 1.54) is 62.0 Å². The molecule has 0 aliphatic carbocycles. The summed E-state index contributed by atoms with van der Waals surface area (Å²) in [4.78, 5) is 4.70. The summed E-state index contributed by atoms with van der Waals surface area (Å²) >= 11 is 3.79. The largest absolute Gasteiger partial charge is 0.298 e. The van der Waals surface area contributed by atoms with Crippen LogP contribution in [0.3, 0.4) is 0 Å². The molecule has 0 saturated carbocycles. The lowest BCUT2D eigenvalue weighted by molar-refractivity contribution is 1.28. The van der Waals surface area contributed by atoms with Gasteiger partial charge in [-0.15, -0.1) is 22.7 Å². The number of hydrogen-bond acceptors (Lipinski definition) is 3. The molecule has 144 valence electrons. The number of imidazole rings is 1. The molecule has 0 N–H and O–H groups in total. The topological polar surface area (TPSA) is 17.3 Å². The Bertz CT molecular complexity index is 2000. The van der Waals surface area contributed by atoms with Crippen LogP contribution in [0, 0.1) is 0 Å². The van der Waals surface area contributed by atoms with Gasteiger partial charge in [-0.05, 0) is 23.6 Å². The highest BCUT2D eigenvalue weighted by atomic mass is 32.1. The lowest BCUT2D eigenvalue weighted by Crippen LogP contribution is -1.90. The van der Waals surface area contributed by atoms with Gasteiger partial charge in [0.15, 0.2) is 0 Å². The molecule has 4 aromatic carbocycles. The Morgan fingerprint density at radius 2 is 1.29 bits per heavy atom. The molecule has 8 aromatic rings.